The molecule has 2 aliphatic heterocycles. The summed E-state index contributed by atoms with van der Waals surface area (Å²) in [4.78, 5) is 2.53. The molecule has 1 aromatic rings. The van der Waals surface area contributed by atoms with Gasteiger partial charge in [0, 0.05) is 38.3 Å². The van der Waals surface area contributed by atoms with Gasteiger partial charge in [-0.15, -0.1) is 0 Å². The van der Waals surface area contributed by atoms with Gasteiger partial charge in [0.15, 0.2) is 11.5 Å². The quantitative estimate of drug-likeness (QED) is 0.898. The molecule has 4 nitrogen and oxygen atoms in total. The van der Waals surface area contributed by atoms with E-state index in [0.29, 0.717) is 13.2 Å². The summed E-state index contributed by atoms with van der Waals surface area (Å²) < 4.78 is 12.7. The van der Waals surface area contributed by atoms with Gasteiger partial charge in [-0.05, 0) is 40.4 Å². The number of hydrogen-bond donors (Lipinski definition) is 1. The Labute approximate surface area is 134 Å². The number of halogens is 1. The molecular formula is C16H23BrN2O2. The van der Waals surface area contributed by atoms with E-state index in [0.717, 1.165) is 61.5 Å². The van der Waals surface area contributed by atoms with Crippen molar-refractivity contribution in [1.29, 1.82) is 0 Å². The fourth-order valence-electron chi connectivity index (χ4n) is 3.10. The zero-order chi connectivity index (χ0) is 14.7. The number of ether oxygens (including phenoxy) is 2. The van der Waals surface area contributed by atoms with Crippen LogP contribution < -0.4 is 14.8 Å². The average Bonchev–Trinajstić information content (AvgIpc) is 2.54. The van der Waals surface area contributed by atoms with Crippen LogP contribution in [0.15, 0.2) is 10.5 Å². The summed E-state index contributed by atoms with van der Waals surface area (Å²) in [5.74, 6) is 1.83. The van der Waals surface area contributed by atoms with Crippen LogP contribution in [0.25, 0.3) is 0 Å². The Balaban J connectivity index is 1.79. The van der Waals surface area contributed by atoms with Crippen LogP contribution in [0.2, 0.25) is 0 Å². The second-order valence-corrected chi connectivity index (χ2v) is 6.40. The molecule has 0 unspecified atom stereocenters. The van der Waals surface area contributed by atoms with E-state index in [-0.39, 0.29) is 0 Å². The first-order valence-corrected chi connectivity index (χ1v) is 8.61. The van der Waals surface area contributed by atoms with Crippen molar-refractivity contribution in [1.82, 2.24) is 10.2 Å². The van der Waals surface area contributed by atoms with E-state index in [4.69, 9.17) is 9.47 Å². The van der Waals surface area contributed by atoms with Gasteiger partial charge in [-0.2, -0.15) is 0 Å². The van der Waals surface area contributed by atoms with E-state index in [1.165, 1.54) is 11.1 Å². The van der Waals surface area contributed by atoms with Gasteiger partial charge in [-0.25, -0.2) is 0 Å². The van der Waals surface area contributed by atoms with E-state index in [1.54, 1.807) is 0 Å². The van der Waals surface area contributed by atoms with Crippen molar-refractivity contribution in [3.63, 3.8) is 0 Å². The molecule has 0 aromatic heterocycles. The van der Waals surface area contributed by atoms with Crippen molar-refractivity contribution >= 4 is 15.9 Å². The first-order chi connectivity index (χ1) is 10.3. The third kappa shape index (κ3) is 3.35. The minimum atomic E-state index is 0.634. The second-order valence-electron chi connectivity index (χ2n) is 5.55. The van der Waals surface area contributed by atoms with Crippen molar-refractivity contribution in [3.8, 4) is 11.5 Å². The number of hydrogen-bond acceptors (Lipinski definition) is 4. The van der Waals surface area contributed by atoms with Crippen LogP contribution in [0.3, 0.4) is 0 Å². The molecule has 1 N–H and O–H groups in total. The zero-order valence-corrected chi connectivity index (χ0v) is 14.2. The van der Waals surface area contributed by atoms with Gasteiger partial charge in [-0.1, -0.05) is 6.92 Å². The van der Waals surface area contributed by atoms with Gasteiger partial charge in [-0.3, -0.25) is 0 Å². The van der Waals surface area contributed by atoms with E-state index in [1.807, 2.05) is 0 Å². The van der Waals surface area contributed by atoms with Gasteiger partial charge < -0.3 is 19.7 Å². The normalized spacial score (nSPS) is 18.8. The molecular weight excluding hydrogens is 332 g/mol. The lowest BCUT2D eigenvalue weighted by Gasteiger charge is -2.28. The van der Waals surface area contributed by atoms with Crippen molar-refractivity contribution in [2.75, 3.05) is 45.9 Å². The minimum Gasteiger partial charge on any atom is -0.486 e. The first-order valence-electron chi connectivity index (χ1n) is 7.82. The Hall–Kier alpha value is -0.780. The molecule has 0 atom stereocenters. The fourth-order valence-corrected chi connectivity index (χ4v) is 3.67. The largest absolute Gasteiger partial charge is 0.486 e. The molecule has 0 spiro atoms. The van der Waals surface area contributed by atoms with Crippen LogP contribution in [0.1, 0.15) is 18.1 Å². The van der Waals surface area contributed by atoms with Crippen molar-refractivity contribution in [2.24, 2.45) is 0 Å². The topological polar surface area (TPSA) is 33.7 Å². The van der Waals surface area contributed by atoms with Crippen molar-refractivity contribution in [2.45, 2.75) is 19.8 Å². The van der Waals surface area contributed by atoms with Gasteiger partial charge >= 0.3 is 0 Å². The van der Waals surface area contributed by atoms with Gasteiger partial charge in [0.1, 0.15) is 13.2 Å². The third-order valence-electron chi connectivity index (χ3n) is 4.22. The predicted molar refractivity (Wildman–Crippen MR) is 87.5 cm³/mol. The number of piperazine rings is 1. The maximum absolute atomic E-state index is 5.88. The smallest absolute Gasteiger partial charge is 0.175 e. The van der Waals surface area contributed by atoms with Crippen LogP contribution in [0.4, 0.5) is 0 Å². The van der Waals surface area contributed by atoms with Gasteiger partial charge in [0.25, 0.3) is 0 Å². The highest BCUT2D eigenvalue weighted by Gasteiger charge is 2.22. The molecule has 0 bridgehead atoms. The molecule has 0 amide bonds. The Kier molecular flexibility index (Phi) is 5.03. The summed E-state index contributed by atoms with van der Waals surface area (Å²) >= 11 is 3.63. The number of rotatable bonds is 4. The lowest BCUT2D eigenvalue weighted by molar-refractivity contribution is 0.168. The maximum Gasteiger partial charge on any atom is 0.175 e. The van der Waals surface area contributed by atoms with Gasteiger partial charge in [0.05, 0.1) is 4.47 Å². The van der Waals surface area contributed by atoms with Crippen LogP contribution in [0.5, 0.6) is 11.5 Å². The fraction of sp³-hybridized carbons (Fsp3) is 0.625. The molecule has 5 heteroatoms. The second kappa shape index (κ2) is 6.99. The molecule has 21 heavy (non-hydrogen) atoms. The minimum absolute atomic E-state index is 0.634. The number of nitrogens with one attached hydrogen (secondary N) is 1. The lowest BCUT2D eigenvalue weighted by Crippen LogP contribution is -2.44. The highest BCUT2D eigenvalue weighted by Crippen LogP contribution is 2.42. The summed E-state index contributed by atoms with van der Waals surface area (Å²) in [5.41, 5.74) is 2.69. The highest BCUT2D eigenvalue weighted by atomic mass is 79.9. The summed E-state index contributed by atoms with van der Waals surface area (Å²) in [6.45, 7) is 9.08. The monoisotopic (exact) mass is 354 g/mol. The zero-order valence-electron chi connectivity index (χ0n) is 12.6. The highest BCUT2D eigenvalue weighted by molar-refractivity contribution is 9.10. The van der Waals surface area contributed by atoms with Gasteiger partial charge in [0.2, 0.25) is 0 Å². The SMILES string of the molecule is CCc1c(CCN2CCNCC2)cc(Br)c2c1OCCO2. The summed E-state index contributed by atoms with van der Waals surface area (Å²) in [5, 5.41) is 3.40. The third-order valence-corrected chi connectivity index (χ3v) is 4.81. The Morgan fingerprint density at radius 3 is 2.62 bits per heavy atom. The van der Waals surface area contributed by atoms with E-state index in [2.05, 4.69) is 39.1 Å². The number of fused-ring (bicyclic) bond motifs is 1. The Morgan fingerprint density at radius 2 is 1.90 bits per heavy atom. The summed E-state index contributed by atoms with van der Waals surface area (Å²) in [6.07, 6.45) is 2.05. The Morgan fingerprint density at radius 1 is 1.19 bits per heavy atom. The summed E-state index contributed by atoms with van der Waals surface area (Å²) in [7, 11) is 0. The summed E-state index contributed by atoms with van der Waals surface area (Å²) in [6, 6.07) is 2.22. The van der Waals surface area contributed by atoms with Crippen LogP contribution in [-0.2, 0) is 12.8 Å². The van der Waals surface area contributed by atoms with Crippen molar-refractivity contribution in [3.05, 3.63) is 21.7 Å². The van der Waals surface area contributed by atoms with E-state index in [9.17, 15) is 0 Å². The van der Waals surface area contributed by atoms with Crippen LogP contribution >= 0.6 is 15.9 Å². The molecule has 116 valence electrons. The predicted octanol–water partition coefficient (Wildman–Crippen LogP) is 2.23. The van der Waals surface area contributed by atoms with Crippen LogP contribution in [0, 0.1) is 0 Å². The molecule has 0 saturated carbocycles. The lowest BCUT2D eigenvalue weighted by atomic mass is 10.00. The molecule has 0 radical (unpaired) electrons. The average molecular weight is 355 g/mol. The molecule has 2 aliphatic rings. The van der Waals surface area contributed by atoms with Crippen LogP contribution in [-0.4, -0.2) is 50.8 Å². The van der Waals surface area contributed by atoms with Crippen molar-refractivity contribution < 1.29 is 9.47 Å². The first kappa shape index (κ1) is 15.1. The number of benzene rings is 1. The standard InChI is InChI=1S/C16H23BrN2O2/c1-2-13-12(3-6-19-7-4-18-5-8-19)11-14(17)16-15(13)20-9-10-21-16/h11,18H,2-10H2,1H3. The molecule has 0 aliphatic carbocycles. The molecule has 1 fully saturated rings. The van der Waals surface area contributed by atoms with E-state index < -0.39 is 0 Å². The molecule has 1 aromatic carbocycles. The van der Waals surface area contributed by atoms with E-state index >= 15 is 0 Å². The molecule has 1 saturated heterocycles. The Bertz CT molecular complexity index is 502. The maximum atomic E-state index is 5.88. The molecule has 2 heterocycles. The molecule has 3 rings (SSSR count). The number of nitrogens with zero attached hydrogens (tertiary/aromatic N) is 1.